The smallest absolute Gasteiger partial charge is 0.239 e. The number of nitrogens with zero attached hydrogens (tertiary/aromatic N) is 2. The minimum absolute atomic E-state index is 0.258. The molecule has 0 unspecified atom stereocenters. The molecule has 0 aliphatic heterocycles. The van der Waals surface area contributed by atoms with Gasteiger partial charge in [0.15, 0.2) is 5.82 Å². The van der Waals surface area contributed by atoms with Crippen LogP contribution in [0.1, 0.15) is 5.56 Å². The highest BCUT2D eigenvalue weighted by Gasteiger charge is 2.07. The van der Waals surface area contributed by atoms with Crippen molar-refractivity contribution >= 4 is 21.9 Å². The largest absolute Gasteiger partial charge is 0.366 e. The third-order valence-corrected chi connectivity index (χ3v) is 2.57. The van der Waals surface area contributed by atoms with Crippen molar-refractivity contribution in [2.24, 2.45) is 0 Å². The number of nitrogens with one attached hydrogen (secondary N) is 1. The normalized spacial score (nSPS) is 10.4. The highest BCUT2D eigenvalue weighted by Crippen LogP contribution is 2.26. The Morgan fingerprint density at radius 1 is 1.43 bits per heavy atom. The van der Waals surface area contributed by atoms with Crippen LogP contribution in [-0.4, -0.2) is 15.2 Å². The van der Waals surface area contributed by atoms with Crippen molar-refractivity contribution in [2.45, 2.75) is 6.92 Å². The van der Waals surface area contributed by atoms with E-state index in [9.17, 15) is 0 Å². The fourth-order valence-corrected chi connectivity index (χ4v) is 1.65. The van der Waals surface area contributed by atoms with Crippen molar-refractivity contribution in [2.75, 3.05) is 5.73 Å². The Morgan fingerprint density at radius 2 is 2.21 bits per heavy atom. The van der Waals surface area contributed by atoms with Gasteiger partial charge in [0.1, 0.15) is 0 Å². The number of nitrogen functional groups attached to an aromatic ring is 1. The topological polar surface area (TPSA) is 67.6 Å². The molecule has 72 valence electrons. The van der Waals surface area contributed by atoms with Gasteiger partial charge in [0, 0.05) is 10.0 Å². The molecule has 0 spiro atoms. The Labute approximate surface area is 89.7 Å². The average molecular weight is 253 g/mol. The van der Waals surface area contributed by atoms with Crippen molar-refractivity contribution in [3.05, 3.63) is 28.2 Å². The zero-order valence-corrected chi connectivity index (χ0v) is 9.17. The molecule has 1 aromatic heterocycles. The molecule has 0 amide bonds. The number of rotatable bonds is 1. The zero-order chi connectivity index (χ0) is 10.1. The zero-order valence-electron chi connectivity index (χ0n) is 7.58. The van der Waals surface area contributed by atoms with Crippen LogP contribution >= 0.6 is 15.9 Å². The van der Waals surface area contributed by atoms with Crippen LogP contribution in [-0.2, 0) is 0 Å². The van der Waals surface area contributed by atoms with Gasteiger partial charge in [0.2, 0.25) is 5.95 Å². The molecule has 14 heavy (non-hydrogen) atoms. The highest BCUT2D eigenvalue weighted by atomic mass is 79.9. The third kappa shape index (κ3) is 1.63. The number of benzene rings is 1. The predicted octanol–water partition coefficient (Wildman–Crippen LogP) is 2.12. The van der Waals surface area contributed by atoms with Gasteiger partial charge in [0.05, 0.1) is 0 Å². The van der Waals surface area contributed by atoms with Gasteiger partial charge in [-0.1, -0.05) is 27.6 Å². The number of H-pyrrole nitrogens is 1. The fourth-order valence-electron chi connectivity index (χ4n) is 1.22. The van der Waals surface area contributed by atoms with Crippen molar-refractivity contribution in [1.82, 2.24) is 15.2 Å². The summed E-state index contributed by atoms with van der Waals surface area (Å²) in [5.41, 5.74) is 7.57. The highest BCUT2D eigenvalue weighted by molar-refractivity contribution is 9.10. The van der Waals surface area contributed by atoms with Crippen molar-refractivity contribution < 1.29 is 0 Å². The summed E-state index contributed by atoms with van der Waals surface area (Å²) in [6.45, 7) is 2.02. The number of aromatic amines is 1. The molecule has 2 aromatic rings. The predicted molar refractivity (Wildman–Crippen MR) is 58.7 cm³/mol. The monoisotopic (exact) mass is 252 g/mol. The number of hydrogen-bond acceptors (Lipinski definition) is 3. The standard InChI is InChI=1S/C9H9BrN4/c1-5-2-3-7(10)6(4-5)8-12-9(11)14-13-8/h2-4H,1H3,(H3,11,12,13,14). The number of nitrogens with two attached hydrogens (primary N) is 1. The van der Waals surface area contributed by atoms with Crippen molar-refractivity contribution in [3.63, 3.8) is 0 Å². The van der Waals surface area contributed by atoms with Crippen LogP contribution in [0, 0.1) is 6.92 Å². The van der Waals surface area contributed by atoms with Crippen molar-refractivity contribution in [1.29, 1.82) is 0 Å². The molecule has 3 N–H and O–H groups in total. The van der Waals surface area contributed by atoms with Crippen molar-refractivity contribution in [3.8, 4) is 11.4 Å². The quantitative estimate of drug-likeness (QED) is 0.817. The molecule has 2 rings (SSSR count). The molecule has 0 saturated heterocycles. The molecule has 0 radical (unpaired) electrons. The van der Waals surface area contributed by atoms with Gasteiger partial charge < -0.3 is 5.73 Å². The first-order valence-corrected chi connectivity index (χ1v) is 4.90. The van der Waals surface area contributed by atoms with Crippen LogP contribution in [0.15, 0.2) is 22.7 Å². The van der Waals surface area contributed by atoms with E-state index in [2.05, 4.69) is 31.1 Å². The minimum Gasteiger partial charge on any atom is -0.366 e. The van der Waals surface area contributed by atoms with Gasteiger partial charge in [-0.05, 0) is 19.1 Å². The number of aromatic nitrogens is 3. The summed E-state index contributed by atoms with van der Waals surface area (Å²) in [5, 5.41) is 6.56. The second-order valence-electron chi connectivity index (χ2n) is 3.03. The van der Waals surface area contributed by atoms with Gasteiger partial charge in [-0.3, -0.25) is 5.10 Å². The number of halogens is 1. The molecule has 5 heteroatoms. The third-order valence-electron chi connectivity index (χ3n) is 1.88. The molecule has 1 heterocycles. The van der Waals surface area contributed by atoms with Gasteiger partial charge in [-0.15, -0.1) is 5.10 Å². The first kappa shape index (κ1) is 9.21. The Kier molecular flexibility index (Phi) is 2.25. The number of hydrogen-bond donors (Lipinski definition) is 2. The van der Waals surface area contributed by atoms with E-state index in [1.165, 1.54) is 0 Å². The van der Waals surface area contributed by atoms with Gasteiger partial charge in [0.25, 0.3) is 0 Å². The molecule has 0 aliphatic rings. The molecule has 0 atom stereocenters. The second-order valence-corrected chi connectivity index (χ2v) is 3.88. The summed E-state index contributed by atoms with van der Waals surface area (Å²) in [4.78, 5) is 4.06. The lowest BCUT2D eigenvalue weighted by Crippen LogP contribution is -1.86. The van der Waals surface area contributed by atoms with E-state index in [-0.39, 0.29) is 5.95 Å². The summed E-state index contributed by atoms with van der Waals surface area (Å²) >= 11 is 3.45. The molecule has 1 aromatic carbocycles. The lowest BCUT2D eigenvalue weighted by atomic mass is 10.1. The molecule has 0 fully saturated rings. The van der Waals surface area contributed by atoms with E-state index in [4.69, 9.17) is 5.73 Å². The summed E-state index contributed by atoms with van der Waals surface area (Å²) < 4.78 is 0.972. The van der Waals surface area contributed by atoms with Crippen LogP contribution in [0.5, 0.6) is 0 Å². The average Bonchev–Trinajstić information content (AvgIpc) is 2.56. The lowest BCUT2D eigenvalue weighted by molar-refractivity contribution is 1.10. The summed E-state index contributed by atoms with van der Waals surface area (Å²) in [6.07, 6.45) is 0. The maximum atomic E-state index is 5.44. The molecular formula is C9H9BrN4. The van der Waals surface area contributed by atoms with E-state index in [1.807, 2.05) is 25.1 Å². The van der Waals surface area contributed by atoms with Crippen LogP contribution in [0.4, 0.5) is 5.95 Å². The first-order valence-electron chi connectivity index (χ1n) is 4.11. The molecule has 4 nitrogen and oxygen atoms in total. The van der Waals surface area contributed by atoms with E-state index < -0.39 is 0 Å². The Morgan fingerprint density at radius 3 is 2.86 bits per heavy atom. The summed E-state index contributed by atoms with van der Waals surface area (Å²) in [7, 11) is 0. The van der Waals surface area contributed by atoms with Crippen LogP contribution < -0.4 is 5.73 Å². The number of anilines is 1. The summed E-state index contributed by atoms with van der Waals surface area (Å²) in [5.74, 6) is 0.937. The van der Waals surface area contributed by atoms with Crippen LogP contribution in [0.3, 0.4) is 0 Å². The van der Waals surface area contributed by atoms with Gasteiger partial charge in [-0.25, -0.2) is 0 Å². The van der Waals surface area contributed by atoms with E-state index in [1.54, 1.807) is 0 Å². The maximum absolute atomic E-state index is 5.44. The Hall–Kier alpha value is -1.36. The lowest BCUT2D eigenvalue weighted by Gasteiger charge is -2.01. The second kappa shape index (κ2) is 3.42. The molecule has 0 saturated carbocycles. The molecule has 0 aliphatic carbocycles. The minimum atomic E-state index is 0.258. The van der Waals surface area contributed by atoms with Crippen LogP contribution in [0.2, 0.25) is 0 Å². The summed E-state index contributed by atoms with van der Waals surface area (Å²) in [6, 6.07) is 6.01. The maximum Gasteiger partial charge on any atom is 0.239 e. The Balaban J connectivity index is 2.55. The molecular weight excluding hydrogens is 244 g/mol. The van der Waals surface area contributed by atoms with Gasteiger partial charge in [-0.2, -0.15) is 4.98 Å². The van der Waals surface area contributed by atoms with E-state index in [0.717, 1.165) is 15.6 Å². The molecule has 0 bridgehead atoms. The van der Waals surface area contributed by atoms with Crippen LogP contribution in [0.25, 0.3) is 11.4 Å². The fraction of sp³-hybridized carbons (Fsp3) is 0.111. The van der Waals surface area contributed by atoms with E-state index >= 15 is 0 Å². The van der Waals surface area contributed by atoms with Gasteiger partial charge >= 0.3 is 0 Å². The SMILES string of the molecule is Cc1ccc(Br)c(-c2nc(N)n[nH]2)c1. The first-order chi connectivity index (χ1) is 6.66. The Bertz CT molecular complexity index is 464. The number of aryl methyl sites for hydroxylation is 1. The van der Waals surface area contributed by atoms with E-state index in [0.29, 0.717) is 5.82 Å².